The van der Waals surface area contributed by atoms with Crippen LogP contribution >= 0.6 is 11.3 Å². The molecule has 6 nitrogen and oxygen atoms in total. The zero-order valence-corrected chi connectivity index (χ0v) is 18.4. The fourth-order valence-corrected chi connectivity index (χ4v) is 5.83. The van der Waals surface area contributed by atoms with Gasteiger partial charge in [-0.15, -0.1) is 11.3 Å². The molecule has 3 rings (SSSR count). The quantitative estimate of drug-likeness (QED) is 0.650. The van der Waals surface area contributed by atoms with Gasteiger partial charge in [-0.3, -0.25) is 9.10 Å². The smallest absolute Gasteiger partial charge is 0.391 e. The average molecular weight is 477 g/mol. The lowest BCUT2D eigenvalue weighted by molar-refractivity contribution is -0.184. The molecule has 1 amide bonds. The fourth-order valence-electron chi connectivity index (χ4n) is 3.47. The van der Waals surface area contributed by atoms with E-state index in [0.717, 1.165) is 15.6 Å². The van der Waals surface area contributed by atoms with Gasteiger partial charge in [0.1, 0.15) is 9.96 Å². The first-order valence-electron chi connectivity index (χ1n) is 9.69. The predicted molar refractivity (Wildman–Crippen MR) is 112 cm³/mol. The van der Waals surface area contributed by atoms with Crippen molar-refractivity contribution >= 4 is 33.0 Å². The summed E-state index contributed by atoms with van der Waals surface area (Å²) in [5.74, 6) is -1.53. The number of amides is 1. The molecule has 1 fully saturated rings. The summed E-state index contributed by atoms with van der Waals surface area (Å²) in [6.45, 7) is -0.337. The lowest BCUT2D eigenvalue weighted by Gasteiger charge is -2.31. The molecule has 2 atom stereocenters. The van der Waals surface area contributed by atoms with Crippen LogP contribution in [0, 0.1) is 5.92 Å². The second-order valence-electron chi connectivity index (χ2n) is 7.36. The number of carbonyl (C=O) groups is 1. The zero-order chi connectivity index (χ0) is 22.6. The Labute approximate surface area is 183 Å². The highest BCUT2D eigenvalue weighted by Gasteiger charge is 2.42. The van der Waals surface area contributed by atoms with Gasteiger partial charge in [0.2, 0.25) is 0 Å². The van der Waals surface area contributed by atoms with Crippen LogP contribution in [-0.2, 0) is 14.8 Å². The van der Waals surface area contributed by atoms with E-state index in [2.05, 4.69) is 5.32 Å². The van der Waals surface area contributed by atoms with Crippen LogP contribution < -0.4 is 14.4 Å². The fraction of sp³-hybridized carbons (Fsp3) is 0.450. The average Bonchev–Trinajstić information content (AvgIpc) is 3.27. The van der Waals surface area contributed by atoms with Crippen molar-refractivity contribution < 1.29 is 31.1 Å². The number of carbonyl (C=O) groups excluding carboxylic acids is 1. The number of sulfonamides is 1. The van der Waals surface area contributed by atoms with E-state index in [9.17, 15) is 26.4 Å². The van der Waals surface area contributed by atoms with E-state index < -0.39 is 34.1 Å². The van der Waals surface area contributed by atoms with Gasteiger partial charge in [0.05, 0.1) is 11.6 Å². The molecule has 1 heterocycles. The molecule has 0 bridgehead atoms. The lowest BCUT2D eigenvalue weighted by Crippen LogP contribution is -2.43. The van der Waals surface area contributed by atoms with E-state index in [1.54, 1.807) is 23.6 Å². The van der Waals surface area contributed by atoms with Crippen LogP contribution in [0.1, 0.15) is 25.7 Å². The number of ether oxygens (including phenoxy) is 1. The summed E-state index contributed by atoms with van der Waals surface area (Å²) < 4.78 is 70.5. The maximum absolute atomic E-state index is 12.9. The van der Waals surface area contributed by atoms with Crippen molar-refractivity contribution in [1.82, 2.24) is 5.32 Å². The first-order chi connectivity index (χ1) is 14.6. The number of nitrogens with zero attached hydrogens (tertiary/aromatic N) is 1. The third-order valence-corrected chi connectivity index (χ3v) is 8.34. The Morgan fingerprint density at radius 2 is 1.94 bits per heavy atom. The molecular formula is C20H23F3N2O4S2. The number of nitrogens with one attached hydrogen (secondary N) is 1. The van der Waals surface area contributed by atoms with Crippen LogP contribution in [0.2, 0.25) is 0 Å². The number of alkyl halides is 3. The summed E-state index contributed by atoms with van der Waals surface area (Å²) in [6.07, 6.45) is -3.34. The third-order valence-electron chi connectivity index (χ3n) is 5.18. The van der Waals surface area contributed by atoms with Crippen LogP contribution in [0.25, 0.3) is 0 Å². The number of hydrogen-bond donors (Lipinski definition) is 1. The molecule has 0 aliphatic heterocycles. The number of halogens is 3. The van der Waals surface area contributed by atoms with Crippen LogP contribution in [0.5, 0.6) is 5.75 Å². The molecule has 0 saturated heterocycles. The molecular weight excluding hydrogens is 453 g/mol. The van der Waals surface area contributed by atoms with E-state index >= 15 is 0 Å². The minimum absolute atomic E-state index is 0.0926. The predicted octanol–water partition coefficient (Wildman–Crippen LogP) is 4.19. The van der Waals surface area contributed by atoms with Crippen molar-refractivity contribution in [2.45, 2.75) is 42.1 Å². The molecule has 2 unspecified atom stereocenters. The Balaban J connectivity index is 1.52. The molecule has 2 aromatic rings. The Kier molecular flexibility index (Phi) is 7.15. The van der Waals surface area contributed by atoms with E-state index in [4.69, 9.17) is 4.74 Å². The van der Waals surface area contributed by atoms with Crippen molar-refractivity contribution in [2.75, 3.05) is 18.0 Å². The van der Waals surface area contributed by atoms with Gasteiger partial charge in [0.15, 0.2) is 6.61 Å². The van der Waals surface area contributed by atoms with Crippen LogP contribution in [0.3, 0.4) is 0 Å². The highest BCUT2D eigenvalue weighted by atomic mass is 32.2. The molecule has 1 saturated carbocycles. The number of rotatable bonds is 7. The minimum Gasteiger partial charge on any atom is -0.484 e. The van der Waals surface area contributed by atoms with Gasteiger partial charge in [-0.2, -0.15) is 13.2 Å². The second-order valence-corrected chi connectivity index (χ2v) is 10.5. The summed E-state index contributed by atoms with van der Waals surface area (Å²) >= 11 is 1.12. The first-order valence-corrected chi connectivity index (χ1v) is 12.0. The normalized spacial score (nSPS) is 19.6. The highest BCUT2D eigenvalue weighted by Crippen LogP contribution is 2.37. The van der Waals surface area contributed by atoms with Crippen molar-refractivity contribution in [3.63, 3.8) is 0 Å². The zero-order valence-electron chi connectivity index (χ0n) is 16.8. The van der Waals surface area contributed by atoms with Crippen molar-refractivity contribution in [2.24, 2.45) is 5.92 Å². The summed E-state index contributed by atoms with van der Waals surface area (Å²) in [5.41, 5.74) is 0.422. The standard InChI is InChI=1S/C20H23F3N2O4S2/c1-25(31(27,28)19-6-3-11-30-19)16-7-9-17(10-8-16)29-13-18(26)24-15-5-2-4-14(12-15)20(21,22)23/h3,6-11,14-15H,2,4-5,12-13H2,1H3,(H,24,26). The minimum atomic E-state index is -4.24. The van der Waals surface area contributed by atoms with Crippen LogP contribution in [0.15, 0.2) is 46.0 Å². The molecule has 1 aromatic carbocycles. The maximum atomic E-state index is 12.9. The molecule has 1 aliphatic carbocycles. The largest absolute Gasteiger partial charge is 0.484 e. The monoisotopic (exact) mass is 476 g/mol. The molecule has 0 radical (unpaired) electrons. The van der Waals surface area contributed by atoms with Gasteiger partial charge in [0, 0.05) is 13.1 Å². The SMILES string of the molecule is CN(c1ccc(OCC(=O)NC2CCCC(C(F)(F)F)C2)cc1)S(=O)(=O)c1cccs1. The van der Waals surface area contributed by atoms with Gasteiger partial charge in [-0.05, 0) is 55.0 Å². The van der Waals surface area contributed by atoms with Crippen molar-refractivity contribution in [3.05, 3.63) is 41.8 Å². The summed E-state index contributed by atoms with van der Waals surface area (Å²) in [7, 11) is -2.21. The van der Waals surface area contributed by atoms with E-state index in [-0.39, 0.29) is 23.7 Å². The Bertz CT molecular complexity index is 977. The molecule has 0 spiro atoms. The Hall–Kier alpha value is -2.27. The lowest BCUT2D eigenvalue weighted by atomic mass is 9.85. The third kappa shape index (κ3) is 5.91. The number of benzene rings is 1. The summed E-state index contributed by atoms with van der Waals surface area (Å²) in [6, 6.07) is 8.82. The van der Waals surface area contributed by atoms with Gasteiger partial charge in [-0.25, -0.2) is 8.42 Å². The second kappa shape index (κ2) is 9.47. The van der Waals surface area contributed by atoms with Crippen LogP contribution in [-0.4, -0.2) is 40.2 Å². The van der Waals surface area contributed by atoms with Gasteiger partial charge in [0.25, 0.3) is 15.9 Å². The van der Waals surface area contributed by atoms with E-state index in [1.807, 2.05) is 0 Å². The number of anilines is 1. The van der Waals surface area contributed by atoms with Gasteiger partial charge >= 0.3 is 6.18 Å². The Morgan fingerprint density at radius 1 is 1.23 bits per heavy atom. The molecule has 1 aliphatic rings. The van der Waals surface area contributed by atoms with Crippen molar-refractivity contribution in [1.29, 1.82) is 0 Å². The summed E-state index contributed by atoms with van der Waals surface area (Å²) in [4.78, 5) is 12.1. The summed E-state index contributed by atoms with van der Waals surface area (Å²) in [5, 5.41) is 4.29. The Morgan fingerprint density at radius 3 is 2.55 bits per heavy atom. The highest BCUT2D eigenvalue weighted by molar-refractivity contribution is 7.94. The molecule has 31 heavy (non-hydrogen) atoms. The molecule has 1 aromatic heterocycles. The number of hydrogen-bond acceptors (Lipinski definition) is 5. The molecule has 11 heteroatoms. The van der Waals surface area contributed by atoms with E-state index in [0.29, 0.717) is 24.3 Å². The van der Waals surface area contributed by atoms with Gasteiger partial charge < -0.3 is 10.1 Å². The van der Waals surface area contributed by atoms with Crippen LogP contribution in [0.4, 0.5) is 18.9 Å². The molecule has 1 N–H and O–H groups in total. The van der Waals surface area contributed by atoms with E-state index in [1.165, 1.54) is 25.2 Å². The molecule has 170 valence electrons. The topological polar surface area (TPSA) is 75.7 Å². The maximum Gasteiger partial charge on any atom is 0.391 e. The first kappa shape index (κ1) is 23.4. The number of thiophene rings is 1. The van der Waals surface area contributed by atoms with Crippen molar-refractivity contribution in [3.8, 4) is 5.75 Å². The van der Waals surface area contributed by atoms with Gasteiger partial charge in [-0.1, -0.05) is 12.5 Å².